The van der Waals surface area contributed by atoms with E-state index >= 15 is 0 Å². The summed E-state index contributed by atoms with van der Waals surface area (Å²) >= 11 is 0. The van der Waals surface area contributed by atoms with Crippen molar-refractivity contribution in [1.29, 1.82) is 0 Å². The molecule has 2 N–H and O–H groups in total. The molecule has 0 saturated heterocycles. The third-order valence-electron chi connectivity index (χ3n) is 3.30. The van der Waals surface area contributed by atoms with Crippen LogP contribution >= 0.6 is 0 Å². The first-order valence-corrected chi connectivity index (χ1v) is 6.45. The smallest absolute Gasteiger partial charge is 0.123 e. The van der Waals surface area contributed by atoms with Crippen molar-refractivity contribution in [3.63, 3.8) is 0 Å². The van der Waals surface area contributed by atoms with E-state index in [2.05, 4.69) is 11.8 Å². The van der Waals surface area contributed by atoms with Gasteiger partial charge in [-0.15, -0.1) is 0 Å². The lowest BCUT2D eigenvalue weighted by atomic mass is 10.1. The van der Waals surface area contributed by atoms with Gasteiger partial charge in [0.15, 0.2) is 0 Å². The molecule has 17 heavy (non-hydrogen) atoms. The molecule has 0 bridgehead atoms. The molecule has 0 radical (unpaired) electrons. The number of hydrogen-bond donors (Lipinski definition) is 1. The van der Waals surface area contributed by atoms with Gasteiger partial charge in [-0.3, -0.25) is 4.90 Å². The summed E-state index contributed by atoms with van der Waals surface area (Å²) < 4.78 is 12.8. The average molecular weight is 236 g/mol. The summed E-state index contributed by atoms with van der Waals surface area (Å²) in [6.07, 6.45) is 3.76. The lowest BCUT2D eigenvalue weighted by molar-refractivity contribution is 0.248. The van der Waals surface area contributed by atoms with Crippen molar-refractivity contribution in [1.82, 2.24) is 4.90 Å². The molecule has 1 fully saturated rings. The Balaban J connectivity index is 1.94. The Labute approximate surface area is 103 Å². The lowest BCUT2D eigenvalue weighted by Gasteiger charge is -2.25. The molecule has 1 saturated carbocycles. The zero-order chi connectivity index (χ0) is 12.3. The highest BCUT2D eigenvalue weighted by molar-refractivity contribution is 5.20. The molecule has 1 aromatic carbocycles. The monoisotopic (exact) mass is 236 g/mol. The van der Waals surface area contributed by atoms with Crippen molar-refractivity contribution >= 4 is 0 Å². The first kappa shape index (κ1) is 12.5. The third kappa shape index (κ3) is 3.51. The fraction of sp³-hybridized carbons (Fsp3) is 0.571. The van der Waals surface area contributed by atoms with Gasteiger partial charge in [-0.1, -0.05) is 19.1 Å². The number of halogens is 1. The minimum atomic E-state index is -0.200. The van der Waals surface area contributed by atoms with Crippen LogP contribution in [0.25, 0.3) is 0 Å². The predicted octanol–water partition coefficient (Wildman–Crippen LogP) is 2.70. The van der Waals surface area contributed by atoms with Crippen LogP contribution in [0, 0.1) is 5.82 Å². The van der Waals surface area contributed by atoms with Gasteiger partial charge < -0.3 is 5.73 Å². The fourth-order valence-corrected chi connectivity index (χ4v) is 2.22. The molecule has 1 aromatic rings. The van der Waals surface area contributed by atoms with Crippen LogP contribution in [-0.4, -0.2) is 24.0 Å². The molecule has 94 valence electrons. The van der Waals surface area contributed by atoms with E-state index in [9.17, 15) is 4.39 Å². The van der Waals surface area contributed by atoms with Crippen molar-refractivity contribution in [2.75, 3.05) is 13.1 Å². The largest absolute Gasteiger partial charge is 0.323 e. The summed E-state index contributed by atoms with van der Waals surface area (Å²) in [6.45, 7) is 4.18. The fourth-order valence-electron chi connectivity index (χ4n) is 2.22. The van der Waals surface area contributed by atoms with Gasteiger partial charge in [0, 0.05) is 18.6 Å². The van der Waals surface area contributed by atoms with Gasteiger partial charge in [0.1, 0.15) is 5.82 Å². The van der Waals surface area contributed by atoms with Crippen LogP contribution in [0.2, 0.25) is 0 Å². The minimum absolute atomic E-state index is 0.0113. The second-order valence-corrected chi connectivity index (χ2v) is 4.88. The maximum atomic E-state index is 12.8. The summed E-state index contributed by atoms with van der Waals surface area (Å²) in [5.74, 6) is -0.200. The first-order valence-electron chi connectivity index (χ1n) is 6.45. The second kappa shape index (κ2) is 5.61. The summed E-state index contributed by atoms with van der Waals surface area (Å²) in [7, 11) is 0. The van der Waals surface area contributed by atoms with Crippen LogP contribution in [0.3, 0.4) is 0 Å². The maximum absolute atomic E-state index is 12.8. The van der Waals surface area contributed by atoms with Crippen LogP contribution in [0.4, 0.5) is 4.39 Å². The number of nitrogens with zero attached hydrogens (tertiary/aromatic N) is 1. The maximum Gasteiger partial charge on any atom is 0.123 e. The molecule has 1 aliphatic carbocycles. The highest BCUT2D eigenvalue weighted by Gasteiger charge is 2.29. The molecular formula is C14H21FN2. The SMILES string of the molecule is CCCN(CC(N)c1ccc(F)cc1)C1CC1. The lowest BCUT2D eigenvalue weighted by Crippen LogP contribution is -2.34. The molecular weight excluding hydrogens is 215 g/mol. The second-order valence-electron chi connectivity index (χ2n) is 4.88. The zero-order valence-corrected chi connectivity index (χ0v) is 10.4. The summed E-state index contributed by atoms with van der Waals surface area (Å²) in [6, 6.07) is 7.27. The molecule has 0 heterocycles. The summed E-state index contributed by atoms with van der Waals surface area (Å²) in [5, 5.41) is 0. The zero-order valence-electron chi connectivity index (χ0n) is 10.4. The normalized spacial score (nSPS) is 17.4. The van der Waals surface area contributed by atoms with E-state index in [4.69, 9.17) is 5.73 Å². The Morgan fingerprint density at radius 3 is 2.53 bits per heavy atom. The van der Waals surface area contributed by atoms with E-state index < -0.39 is 0 Å². The van der Waals surface area contributed by atoms with E-state index in [0.29, 0.717) is 0 Å². The molecule has 2 rings (SSSR count). The number of benzene rings is 1. The van der Waals surface area contributed by atoms with Crippen LogP contribution < -0.4 is 5.73 Å². The van der Waals surface area contributed by atoms with E-state index in [0.717, 1.165) is 31.1 Å². The van der Waals surface area contributed by atoms with E-state index in [1.807, 2.05) is 0 Å². The number of rotatable bonds is 6. The van der Waals surface area contributed by atoms with Crippen molar-refractivity contribution in [3.8, 4) is 0 Å². The molecule has 1 atom stereocenters. The standard InChI is InChI=1S/C14H21FN2/c1-2-9-17(13-7-8-13)10-14(16)11-3-5-12(15)6-4-11/h3-6,13-14H,2,7-10,16H2,1H3. The van der Waals surface area contributed by atoms with Crippen molar-refractivity contribution < 1.29 is 4.39 Å². The molecule has 0 aliphatic heterocycles. The molecule has 0 aromatic heterocycles. The van der Waals surface area contributed by atoms with Crippen LogP contribution in [0.15, 0.2) is 24.3 Å². The van der Waals surface area contributed by atoms with Gasteiger partial charge >= 0.3 is 0 Å². The molecule has 1 aliphatic rings. The summed E-state index contributed by atoms with van der Waals surface area (Å²) in [4.78, 5) is 2.47. The number of nitrogens with two attached hydrogens (primary N) is 1. The Bertz CT molecular complexity index is 346. The quantitative estimate of drug-likeness (QED) is 0.823. The molecule has 0 amide bonds. The van der Waals surface area contributed by atoms with Gasteiger partial charge in [0.25, 0.3) is 0 Å². The van der Waals surface area contributed by atoms with Gasteiger partial charge in [-0.25, -0.2) is 4.39 Å². The Morgan fingerprint density at radius 2 is 2.00 bits per heavy atom. The van der Waals surface area contributed by atoms with Gasteiger partial charge in [0.05, 0.1) is 0 Å². The van der Waals surface area contributed by atoms with Gasteiger partial charge in [-0.2, -0.15) is 0 Å². The van der Waals surface area contributed by atoms with Crippen molar-refractivity contribution in [2.24, 2.45) is 5.73 Å². The minimum Gasteiger partial charge on any atom is -0.323 e. The summed E-state index contributed by atoms with van der Waals surface area (Å²) in [5.41, 5.74) is 7.20. The highest BCUT2D eigenvalue weighted by Crippen LogP contribution is 2.28. The Kier molecular flexibility index (Phi) is 4.13. The Morgan fingerprint density at radius 1 is 1.35 bits per heavy atom. The topological polar surface area (TPSA) is 29.3 Å². The average Bonchev–Trinajstić information content (AvgIpc) is 3.13. The van der Waals surface area contributed by atoms with E-state index in [-0.39, 0.29) is 11.9 Å². The van der Waals surface area contributed by atoms with E-state index in [1.165, 1.54) is 25.0 Å². The van der Waals surface area contributed by atoms with Crippen molar-refractivity contribution in [2.45, 2.75) is 38.3 Å². The molecule has 0 spiro atoms. The van der Waals surface area contributed by atoms with Gasteiger partial charge in [-0.05, 0) is 43.5 Å². The first-order chi connectivity index (χ1) is 8.20. The van der Waals surface area contributed by atoms with Crippen LogP contribution in [0.1, 0.15) is 37.8 Å². The van der Waals surface area contributed by atoms with Gasteiger partial charge in [0.2, 0.25) is 0 Å². The molecule has 2 nitrogen and oxygen atoms in total. The van der Waals surface area contributed by atoms with Crippen LogP contribution in [0.5, 0.6) is 0 Å². The van der Waals surface area contributed by atoms with Crippen LogP contribution in [-0.2, 0) is 0 Å². The van der Waals surface area contributed by atoms with Crippen molar-refractivity contribution in [3.05, 3.63) is 35.6 Å². The van der Waals surface area contributed by atoms with E-state index in [1.54, 1.807) is 12.1 Å². The highest BCUT2D eigenvalue weighted by atomic mass is 19.1. The third-order valence-corrected chi connectivity index (χ3v) is 3.30. The molecule has 1 unspecified atom stereocenters. The molecule has 3 heteroatoms. The predicted molar refractivity (Wildman–Crippen MR) is 68.2 cm³/mol. The Hall–Kier alpha value is -0.930. The number of hydrogen-bond acceptors (Lipinski definition) is 2.